The molecular weight excluding hydrogens is 707 g/mol. The summed E-state index contributed by atoms with van der Waals surface area (Å²) in [6.45, 7) is 3.47. The van der Waals surface area contributed by atoms with Gasteiger partial charge in [-0.25, -0.2) is 9.97 Å². The molecule has 2 aliphatic heterocycles. The van der Waals surface area contributed by atoms with E-state index in [-0.39, 0.29) is 28.7 Å². The number of benzene rings is 1. The number of imidazole rings is 1. The van der Waals surface area contributed by atoms with Crippen LogP contribution in [0.25, 0.3) is 22.5 Å². The van der Waals surface area contributed by atoms with Crippen LogP contribution in [0.5, 0.6) is 5.88 Å². The maximum absolute atomic E-state index is 13.6. The third-order valence-corrected chi connectivity index (χ3v) is 11.0. The standard InChI is InChI=1S/C37H40Cl2N8O5/c1-46-29-19-47(18-20-14-22(15-20)37(50)51)13-11-27(29)43-34(46)35(49)44-28-5-3-4-25(31(28)38)33-32(39)24(10-12-41-33)26-8-6-21(36(45-26)52-2)16-40-17-23-7-9-30(48)42-23/h3-6,8,10,12,20,22-23,40H,7,9,11,13-19H2,1-2H3,(H,42,48)(H,44,49)(H,50,51)/t20?,22?,23-/m1/s1. The van der Waals surface area contributed by atoms with E-state index in [1.807, 2.05) is 23.7 Å². The number of carboxylic acids is 1. The number of rotatable bonds is 12. The van der Waals surface area contributed by atoms with E-state index in [9.17, 15) is 19.5 Å². The molecule has 4 aromatic rings. The molecule has 1 saturated carbocycles. The predicted molar refractivity (Wildman–Crippen MR) is 196 cm³/mol. The molecule has 4 N–H and O–H groups in total. The number of ether oxygens (including phenoxy) is 1. The summed E-state index contributed by atoms with van der Waals surface area (Å²) in [6.07, 6.45) is 5.14. The fourth-order valence-corrected chi connectivity index (χ4v) is 7.89. The number of halogens is 2. The Balaban J connectivity index is 1.05. The van der Waals surface area contributed by atoms with Crippen LogP contribution in [0.3, 0.4) is 0 Å². The molecule has 7 rings (SSSR count). The maximum Gasteiger partial charge on any atom is 0.306 e. The number of carbonyl (C=O) groups excluding carboxylic acids is 2. The molecule has 52 heavy (non-hydrogen) atoms. The monoisotopic (exact) mass is 746 g/mol. The second-order valence-electron chi connectivity index (χ2n) is 13.7. The summed E-state index contributed by atoms with van der Waals surface area (Å²) in [5.74, 6) is -0.140. The Labute approximate surface area is 311 Å². The number of nitrogens with zero attached hydrogens (tertiary/aromatic N) is 5. The van der Waals surface area contributed by atoms with Crippen molar-refractivity contribution in [3.8, 4) is 28.4 Å². The van der Waals surface area contributed by atoms with E-state index in [1.165, 1.54) is 0 Å². The molecule has 5 heterocycles. The maximum atomic E-state index is 13.6. The number of carboxylic acid groups (broad SMARTS) is 1. The van der Waals surface area contributed by atoms with E-state index >= 15 is 0 Å². The zero-order valence-corrected chi connectivity index (χ0v) is 30.4. The molecule has 1 aliphatic carbocycles. The molecule has 0 bridgehead atoms. The Hall–Kier alpha value is -4.56. The van der Waals surface area contributed by atoms with Crippen molar-refractivity contribution >= 4 is 46.7 Å². The largest absolute Gasteiger partial charge is 0.481 e. The lowest BCUT2D eigenvalue weighted by molar-refractivity contribution is -0.146. The molecule has 3 aliphatic rings. The minimum Gasteiger partial charge on any atom is -0.481 e. The fourth-order valence-electron chi connectivity index (χ4n) is 7.31. The number of fused-ring (bicyclic) bond motifs is 1. The van der Waals surface area contributed by atoms with Gasteiger partial charge in [-0.15, -0.1) is 0 Å². The number of nitrogens with one attached hydrogen (secondary N) is 3. The van der Waals surface area contributed by atoms with Crippen molar-refractivity contribution in [1.29, 1.82) is 0 Å². The van der Waals surface area contributed by atoms with Crippen LogP contribution < -0.4 is 20.7 Å². The van der Waals surface area contributed by atoms with Crippen LogP contribution in [0.1, 0.15) is 53.3 Å². The molecule has 3 aromatic heterocycles. The fraction of sp³-hybridized carbons (Fsp3) is 0.405. The number of aliphatic carboxylic acids is 1. The molecule has 0 unspecified atom stereocenters. The second kappa shape index (κ2) is 15.2. The zero-order chi connectivity index (χ0) is 36.5. The summed E-state index contributed by atoms with van der Waals surface area (Å²) >= 11 is 13.9. The third-order valence-electron chi connectivity index (χ3n) is 10.2. The van der Waals surface area contributed by atoms with E-state index in [4.69, 9.17) is 37.9 Å². The summed E-state index contributed by atoms with van der Waals surface area (Å²) in [5.41, 5.74) is 5.31. The Kier molecular flexibility index (Phi) is 10.5. The molecule has 13 nitrogen and oxygen atoms in total. The average molecular weight is 748 g/mol. The molecular formula is C37H40Cl2N8O5. The summed E-state index contributed by atoms with van der Waals surface area (Å²) in [4.78, 5) is 52.6. The Morgan fingerprint density at radius 3 is 2.65 bits per heavy atom. The van der Waals surface area contributed by atoms with Gasteiger partial charge < -0.3 is 30.4 Å². The van der Waals surface area contributed by atoms with Crippen molar-refractivity contribution in [2.75, 3.05) is 32.1 Å². The SMILES string of the molecule is COc1nc(-c2ccnc(-c3cccc(NC(=O)c4nc5c(n4C)CN(CC4CC(C(=O)O)C4)CC5)c3Cl)c2Cl)ccc1CNC[C@H]1CCC(=O)N1. The number of anilines is 1. The van der Waals surface area contributed by atoms with Crippen molar-refractivity contribution in [2.45, 2.75) is 51.2 Å². The summed E-state index contributed by atoms with van der Waals surface area (Å²) in [5, 5.41) is 19.1. The van der Waals surface area contributed by atoms with Crippen molar-refractivity contribution in [1.82, 2.24) is 35.1 Å². The van der Waals surface area contributed by atoms with Crippen molar-refractivity contribution in [2.24, 2.45) is 18.9 Å². The number of hydrogen-bond donors (Lipinski definition) is 4. The minimum atomic E-state index is -0.712. The van der Waals surface area contributed by atoms with Gasteiger partial charge in [0.2, 0.25) is 11.8 Å². The molecule has 0 radical (unpaired) electrons. The minimum absolute atomic E-state index is 0.0812. The molecule has 2 amide bonds. The summed E-state index contributed by atoms with van der Waals surface area (Å²) < 4.78 is 7.44. The molecule has 1 saturated heterocycles. The van der Waals surface area contributed by atoms with Crippen molar-refractivity contribution in [3.05, 3.63) is 75.4 Å². The van der Waals surface area contributed by atoms with Gasteiger partial charge >= 0.3 is 5.97 Å². The van der Waals surface area contributed by atoms with Gasteiger partial charge in [0.25, 0.3) is 5.91 Å². The van der Waals surface area contributed by atoms with Crippen LogP contribution in [0.15, 0.2) is 42.6 Å². The van der Waals surface area contributed by atoms with Gasteiger partial charge in [-0.3, -0.25) is 24.3 Å². The Morgan fingerprint density at radius 1 is 1.08 bits per heavy atom. The third kappa shape index (κ3) is 7.36. The van der Waals surface area contributed by atoms with Crippen molar-refractivity contribution in [3.63, 3.8) is 0 Å². The van der Waals surface area contributed by atoms with E-state index in [0.29, 0.717) is 90.3 Å². The number of hydrogen-bond acceptors (Lipinski definition) is 9. The number of methoxy groups -OCH3 is 1. The topological polar surface area (TPSA) is 164 Å². The van der Waals surface area contributed by atoms with E-state index in [0.717, 1.165) is 36.5 Å². The molecule has 272 valence electrons. The number of pyridine rings is 2. The first kappa shape index (κ1) is 35.8. The number of carbonyl (C=O) groups is 3. The van der Waals surface area contributed by atoms with Gasteiger partial charge in [-0.05, 0) is 43.4 Å². The first-order chi connectivity index (χ1) is 25.1. The van der Waals surface area contributed by atoms with Crippen LogP contribution in [0, 0.1) is 11.8 Å². The Bertz CT molecular complexity index is 2030. The molecule has 2 fully saturated rings. The van der Waals surface area contributed by atoms with Gasteiger partial charge in [0, 0.05) is 81.5 Å². The Morgan fingerprint density at radius 2 is 1.90 bits per heavy atom. The highest BCUT2D eigenvalue weighted by Gasteiger charge is 2.36. The highest BCUT2D eigenvalue weighted by Crippen LogP contribution is 2.40. The van der Waals surface area contributed by atoms with Gasteiger partial charge in [0.05, 0.1) is 51.5 Å². The smallest absolute Gasteiger partial charge is 0.306 e. The quantitative estimate of drug-likeness (QED) is 0.156. The number of amides is 2. The van der Waals surface area contributed by atoms with Crippen LogP contribution >= 0.6 is 23.2 Å². The molecule has 1 aromatic carbocycles. The van der Waals surface area contributed by atoms with Gasteiger partial charge in [-0.2, -0.15) is 0 Å². The molecule has 0 spiro atoms. The van der Waals surface area contributed by atoms with Gasteiger partial charge in [0.15, 0.2) is 5.82 Å². The van der Waals surface area contributed by atoms with E-state index in [2.05, 4.69) is 25.8 Å². The number of aromatic nitrogens is 4. The van der Waals surface area contributed by atoms with Gasteiger partial charge in [0.1, 0.15) is 0 Å². The lowest BCUT2D eigenvalue weighted by Crippen LogP contribution is -2.41. The normalized spacial score (nSPS) is 19.8. The highest BCUT2D eigenvalue weighted by molar-refractivity contribution is 6.39. The first-order valence-corrected chi connectivity index (χ1v) is 18.1. The summed E-state index contributed by atoms with van der Waals surface area (Å²) in [7, 11) is 3.40. The summed E-state index contributed by atoms with van der Waals surface area (Å²) in [6, 6.07) is 11.0. The van der Waals surface area contributed by atoms with Gasteiger partial charge in [-0.1, -0.05) is 41.4 Å². The van der Waals surface area contributed by atoms with Crippen molar-refractivity contribution < 1.29 is 24.2 Å². The van der Waals surface area contributed by atoms with Crippen LogP contribution in [0.4, 0.5) is 5.69 Å². The lowest BCUT2D eigenvalue weighted by atomic mass is 9.74. The zero-order valence-electron chi connectivity index (χ0n) is 28.9. The second-order valence-corrected chi connectivity index (χ2v) is 14.4. The average Bonchev–Trinajstić information content (AvgIpc) is 3.69. The van der Waals surface area contributed by atoms with E-state index < -0.39 is 11.9 Å². The molecule has 1 atom stereocenters. The highest BCUT2D eigenvalue weighted by atomic mass is 35.5. The predicted octanol–water partition coefficient (Wildman–Crippen LogP) is 4.95. The van der Waals surface area contributed by atoms with E-state index in [1.54, 1.807) is 37.6 Å². The van der Waals surface area contributed by atoms with Crippen LogP contribution in [0.2, 0.25) is 10.0 Å². The van der Waals surface area contributed by atoms with Crippen LogP contribution in [-0.4, -0.2) is 80.1 Å². The molecule has 15 heteroatoms. The first-order valence-electron chi connectivity index (χ1n) is 17.4. The lowest BCUT2D eigenvalue weighted by Gasteiger charge is -2.37. The van der Waals surface area contributed by atoms with Crippen LogP contribution in [-0.2, 0) is 36.1 Å².